The molecule has 1 saturated carbocycles. The van der Waals surface area contributed by atoms with E-state index < -0.39 is 15.8 Å². The Hall–Kier alpha value is -2.03. The van der Waals surface area contributed by atoms with E-state index in [-0.39, 0.29) is 40.9 Å². The second-order valence-electron chi connectivity index (χ2n) is 8.44. The largest absolute Gasteiger partial charge is 0.274 e. The van der Waals surface area contributed by atoms with E-state index in [1.807, 2.05) is 18.2 Å². The zero-order valence-corrected chi connectivity index (χ0v) is 19.4. The topological polar surface area (TPSA) is 71.7 Å². The van der Waals surface area contributed by atoms with Crippen molar-refractivity contribution in [2.75, 3.05) is 13.1 Å². The van der Waals surface area contributed by atoms with Crippen LogP contribution in [0.1, 0.15) is 49.7 Å². The summed E-state index contributed by atoms with van der Waals surface area (Å²) in [7, 11) is -3.80. The first-order valence-corrected chi connectivity index (χ1v) is 12.9. The minimum atomic E-state index is -3.80. The molecule has 0 spiro atoms. The number of hydrogen-bond acceptors (Lipinski definition) is 4. The van der Waals surface area contributed by atoms with Gasteiger partial charge in [-0.2, -0.15) is 4.31 Å². The van der Waals surface area contributed by atoms with Gasteiger partial charge in [0.1, 0.15) is 11.3 Å². The second kappa shape index (κ2) is 9.85. The summed E-state index contributed by atoms with van der Waals surface area (Å²) in [5, 5.41) is -0.231. The molecule has 9 heteroatoms. The van der Waals surface area contributed by atoms with Gasteiger partial charge in [-0.25, -0.2) is 12.8 Å². The maximum Gasteiger partial charge on any atom is 0.243 e. The maximum absolute atomic E-state index is 13.4. The summed E-state index contributed by atoms with van der Waals surface area (Å²) in [5.74, 6) is -1.00. The van der Waals surface area contributed by atoms with Gasteiger partial charge in [0.2, 0.25) is 15.9 Å². The predicted molar refractivity (Wildman–Crippen MR) is 120 cm³/mol. The number of pyridine rings is 1. The Morgan fingerprint density at radius 3 is 2.44 bits per heavy atom. The molecule has 0 radical (unpaired) electrons. The minimum Gasteiger partial charge on any atom is -0.274 e. The van der Waals surface area contributed by atoms with Crippen LogP contribution >= 0.6 is 11.6 Å². The lowest BCUT2D eigenvalue weighted by atomic mass is 9.96. The Morgan fingerprint density at radius 1 is 1.03 bits per heavy atom. The standard InChI is InChI=1S/C23H27ClFN3O3S/c24-20-16-19(9-10-21(20)25)32(30,31)27-14-11-17(12-15-27)23(29)28-13-5-4-8-22(28)26-18-6-2-1-3-7-18/h4-5,8-10,13,16-18H,1-3,6-7,11-12,14-15H2. The number of piperidine rings is 1. The summed E-state index contributed by atoms with van der Waals surface area (Å²) in [5.41, 5.74) is 0.667. The third kappa shape index (κ3) is 4.97. The Balaban J connectivity index is 1.47. The van der Waals surface area contributed by atoms with Crippen LogP contribution in [-0.2, 0) is 10.0 Å². The molecule has 2 aromatic rings. The highest BCUT2D eigenvalue weighted by molar-refractivity contribution is 7.89. The number of sulfonamides is 1. The number of benzene rings is 1. The van der Waals surface area contributed by atoms with Crippen LogP contribution < -0.4 is 5.49 Å². The molecule has 0 bridgehead atoms. The van der Waals surface area contributed by atoms with Gasteiger partial charge in [0, 0.05) is 25.2 Å². The van der Waals surface area contributed by atoms with Crippen molar-refractivity contribution in [1.29, 1.82) is 0 Å². The first-order valence-electron chi connectivity index (χ1n) is 11.1. The average molecular weight is 480 g/mol. The summed E-state index contributed by atoms with van der Waals surface area (Å²) in [6, 6.07) is 9.21. The third-order valence-electron chi connectivity index (χ3n) is 6.30. The minimum absolute atomic E-state index is 0.0420. The van der Waals surface area contributed by atoms with Crippen molar-refractivity contribution in [3.05, 3.63) is 58.9 Å². The molecule has 1 saturated heterocycles. The van der Waals surface area contributed by atoms with Gasteiger partial charge in [-0.15, -0.1) is 0 Å². The van der Waals surface area contributed by atoms with E-state index in [1.165, 1.54) is 29.6 Å². The van der Waals surface area contributed by atoms with E-state index in [4.69, 9.17) is 16.6 Å². The molecule has 1 aliphatic heterocycles. The van der Waals surface area contributed by atoms with E-state index in [0.29, 0.717) is 18.3 Å². The molecule has 1 aliphatic carbocycles. The highest BCUT2D eigenvalue weighted by Gasteiger charge is 2.33. The fourth-order valence-corrected chi connectivity index (χ4v) is 6.19. The van der Waals surface area contributed by atoms with Crippen LogP contribution in [0.4, 0.5) is 4.39 Å². The Kier molecular flexibility index (Phi) is 7.12. The molecule has 6 nitrogen and oxygen atoms in total. The van der Waals surface area contributed by atoms with Gasteiger partial charge in [-0.3, -0.25) is 14.4 Å². The molecule has 2 heterocycles. The van der Waals surface area contributed by atoms with Gasteiger partial charge in [-0.1, -0.05) is 36.9 Å². The Labute approximate surface area is 192 Å². The van der Waals surface area contributed by atoms with E-state index >= 15 is 0 Å². The van der Waals surface area contributed by atoms with Crippen LogP contribution in [0.5, 0.6) is 0 Å². The zero-order valence-electron chi connectivity index (χ0n) is 17.8. The van der Waals surface area contributed by atoms with Gasteiger partial charge in [-0.05, 0) is 56.0 Å². The molecule has 1 aromatic carbocycles. The van der Waals surface area contributed by atoms with Gasteiger partial charge < -0.3 is 0 Å². The number of carbonyl (C=O) groups is 1. The quantitative estimate of drug-likeness (QED) is 0.658. The first-order chi connectivity index (χ1) is 15.4. The summed E-state index contributed by atoms with van der Waals surface area (Å²) in [6.45, 7) is 0.437. The van der Waals surface area contributed by atoms with E-state index in [9.17, 15) is 17.6 Å². The van der Waals surface area contributed by atoms with Crippen molar-refractivity contribution in [3.63, 3.8) is 0 Å². The van der Waals surface area contributed by atoms with Gasteiger partial charge in [0.15, 0.2) is 0 Å². The van der Waals surface area contributed by atoms with Gasteiger partial charge in [0.25, 0.3) is 0 Å². The van der Waals surface area contributed by atoms with Crippen molar-refractivity contribution >= 4 is 27.5 Å². The summed E-state index contributed by atoms with van der Waals surface area (Å²) in [6.07, 6.45) is 8.25. The van der Waals surface area contributed by atoms with Gasteiger partial charge in [0.05, 0.1) is 16.0 Å². The highest BCUT2D eigenvalue weighted by atomic mass is 35.5. The molecule has 0 amide bonds. The normalized spacial score (nSPS) is 19.9. The molecule has 0 atom stereocenters. The molecule has 2 fully saturated rings. The van der Waals surface area contributed by atoms with E-state index in [1.54, 1.807) is 10.8 Å². The number of rotatable bonds is 4. The first kappa shape index (κ1) is 23.1. The van der Waals surface area contributed by atoms with Crippen molar-refractivity contribution in [1.82, 2.24) is 8.87 Å². The Morgan fingerprint density at radius 2 is 1.75 bits per heavy atom. The molecule has 0 unspecified atom stereocenters. The maximum atomic E-state index is 13.4. The Bertz CT molecular complexity index is 1150. The molecule has 0 N–H and O–H groups in total. The van der Waals surface area contributed by atoms with Crippen molar-refractivity contribution in [2.24, 2.45) is 10.9 Å². The summed E-state index contributed by atoms with van der Waals surface area (Å²) >= 11 is 5.76. The average Bonchev–Trinajstić information content (AvgIpc) is 2.81. The number of nitrogens with zero attached hydrogens (tertiary/aromatic N) is 3. The number of hydrogen-bond donors (Lipinski definition) is 0. The molecule has 32 heavy (non-hydrogen) atoms. The molecular formula is C23H27ClFN3O3S. The highest BCUT2D eigenvalue weighted by Crippen LogP contribution is 2.27. The van der Waals surface area contributed by atoms with Crippen molar-refractivity contribution in [2.45, 2.75) is 55.9 Å². The lowest BCUT2D eigenvalue weighted by molar-refractivity contribution is 0.0780. The van der Waals surface area contributed by atoms with E-state index in [0.717, 1.165) is 25.0 Å². The number of aromatic nitrogens is 1. The van der Waals surface area contributed by atoms with Crippen molar-refractivity contribution < 1.29 is 17.6 Å². The smallest absolute Gasteiger partial charge is 0.243 e. The van der Waals surface area contributed by atoms with Crippen LogP contribution in [0.25, 0.3) is 0 Å². The fraction of sp³-hybridized carbons (Fsp3) is 0.478. The van der Waals surface area contributed by atoms with Crippen LogP contribution in [0.3, 0.4) is 0 Å². The molecule has 172 valence electrons. The van der Waals surface area contributed by atoms with Crippen molar-refractivity contribution in [3.8, 4) is 0 Å². The lowest BCUT2D eigenvalue weighted by Gasteiger charge is -2.30. The SMILES string of the molecule is O=C(C1CCN(S(=O)(=O)c2ccc(F)c(Cl)c2)CC1)n1ccccc1=NC1CCCCC1. The molecule has 1 aromatic heterocycles. The molecular weight excluding hydrogens is 453 g/mol. The molecule has 4 rings (SSSR count). The van der Waals surface area contributed by atoms with Crippen LogP contribution in [0, 0.1) is 11.7 Å². The van der Waals surface area contributed by atoms with Gasteiger partial charge >= 0.3 is 0 Å². The van der Waals surface area contributed by atoms with Crippen LogP contribution in [0.15, 0.2) is 52.5 Å². The summed E-state index contributed by atoms with van der Waals surface area (Å²) in [4.78, 5) is 18.0. The number of halogens is 2. The van der Waals surface area contributed by atoms with Crippen LogP contribution in [0.2, 0.25) is 5.02 Å². The predicted octanol–water partition coefficient (Wildman–Crippen LogP) is 4.26. The second-order valence-corrected chi connectivity index (χ2v) is 10.8. The third-order valence-corrected chi connectivity index (χ3v) is 8.48. The fourth-order valence-electron chi connectivity index (χ4n) is 4.45. The van der Waals surface area contributed by atoms with E-state index in [2.05, 4.69) is 0 Å². The lowest BCUT2D eigenvalue weighted by Crippen LogP contribution is -2.42. The summed E-state index contributed by atoms with van der Waals surface area (Å²) < 4.78 is 42.2. The monoisotopic (exact) mass is 479 g/mol. The molecule has 2 aliphatic rings. The number of carbonyl (C=O) groups excluding carboxylic acids is 1. The van der Waals surface area contributed by atoms with Crippen LogP contribution in [-0.4, -0.2) is 42.3 Å². The zero-order chi connectivity index (χ0) is 22.7.